The van der Waals surface area contributed by atoms with Gasteiger partial charge in [-0.25, -0.2) is 4.79 Å². The van der Waals surface area contributed by atoms with Gasteiger partial charge in [0, 0.05) is 24.9 Å². The van der Waals surface area contributed by atoms with Crippen LogP contribution in [0.1, 0.15) is 22.2 Å². The lowest BCUT2D eigenvalue weighted by molar-refractivity contribution is 0.0450. The van der Waals surface area contributed by atoms with Crippen molar-refractivity contribution < 1.29 is 23.5 Å². The lowest BCUT2D eigenvalue weighted by Crippen LogP contribution is -2.16. The average molecular weight is 341 g/mol. The fourth-order valence-electron chi connectivity index (χ4n) is 2.56. The predicted molar refractivity (Wildman–Crippen MR) is 84.9 cm³/mol. The number of hydrogen-bond acceptors (Lipinski definition) is 7. The van der Waals surface area contributed by atoms with Crippen LogP contribution in [-0.2, 0) is 11.3 Å². The highest BCUT2D eigenvalue weighted by Crippen LogP contribution is 2.32. The first-order valence-corrected chi connectivity index (χ1v) is 7.74. The first-order valence-electron chi connectivity index (χ1n) is 7.74. The Kier molecular flexibility index (Phi) is 3.85. The molecule has 0 saturated heterocycles. The molecule has 0 fully saturated rings. The van der Waals surface area contributed by atoms with E-state index in [0.29, 0.717) is 42.1 Å². The number of ether oxygens (including phenoxy) is 3. The molecule has 1 aliphatic rings. The highest BCUT2D eigenvalue weighted by atomic mass is 16.6. The largest absolute Gasteiger partial charge is 0.486 e. The van der Waals surface area contributed by atoms with Crippen LogP contribution in [0.2, 0.25) is 0 Å². The van der Waals surface area contributed by atoms with Crippen LogP contribution in [0.15, 0.2) is 41.1 Å². The molecule has 4 rings (SSSR count). The zero-order valence-electron chi connectivity index (χ0n) is 13.5. The molecule has 25 heavy (non-hydrogen) atoms. The Morgan fingerprint density at radius 1 is 1.24 bits per heavy atom. The lowest BCUT2D eigenvalue weighted by atomic mass is 10.2. The lowest BCUT2D eigenvalue weighted by Gasteiger charge is -2.19. The fourth-order valence-corrected chi connectivity index (χ4v) is 2.56. The molecule has 0 saturated carbocycles. The Bertz CT molecular complexity index is 915. The van der Waals surface area contributed by atoms with E-state index in [0.717, 1.165) is 5.69 Å². The Morgan fingerprint density at radius 3 is 2.88 bits per heavy atom. The quantitative estimate of drug-likeness (QED) is 0.673. The number of rotatable bonds is 4. The number of esters is 1. The SMILES string of the molecule is Cc1nc(COC(=O)c2cccn2-c2ccc3c(c2)OCCO3)no1. The van der Waals surface area contributed by atoms with Crippen LogP contribution in [0.5, 0.6) is 11.5 Å². The minimum Gasteiger partial charge on any atom is -0.486 e. The summed E-state index contributed by atoms with van der Waals surface area (Å²) in [5, 5.41) is 3.70. The zero-order valence-corrected chi connectivity index (χ0v) is 13.5. The van der Waals surface area contributed by atoms with Crippen LogP contribution in [-0.4, -0.2) is 33.9 Å². The van der Waals surface area contributed by atoms with Gasteiger partial charge in [-0.1, -0.05) is 5.16 Å². The third-order valence-electron chi connectivity index (χ3n) is 3.66. The topological polar surface area (TPSA) is 88.6 Å². The van der Waals surface area contributed by atoms with E-state index in [1.165, 1.54) is 0 Å². The molecule has 2 aromatic heterocycles. The first kappa shape index (κ1) is 15.3. The van der Waals surface area contributed by atoms with Gasteiger partial charge in [0.1, 0.15) is 18.9 Å². The van der Waals surface area contributed by atoms with E-state index in [9.17, 15) is 4.79 Å². The molecule has 3 aromatic rings. The third kappa shape index (κ3) is 3.06. The molecule has 128 valence electrons. The molecular formula is C17H15N3O5. The number of aromatic nitrogens is 3. The molecule has 1 aromatic carbocycles. The Labute approximate surface area is 142 Å². The van der Waals surface area contributed by atoms with E-state index >= 15 is 0 Å². The van der Waals surface area contributed by atoms with Crippen molar-refractivity contribution in [2.24, 2.45) is 0 Å². The summed E-state index contributed by atoms with van der Waals surface area (Å²) in [5.41, 5.74) is 1.16. The van der Waals surface area contributed by atoms with Crippen LogP contribution in [0.3, 0.4) is 0 Å². The highest BCUT2D eigenvalue weighted by molar-refractivity contribution is 5.88. The van der Waals surface area contributed by atoms with Crippen molar-refractivity contribution in [1.29, 1.82) is 0 Å². The summed E-state index contributed by atoms with van der Waals surface area (Å²) in [7, 11) is 0. The smallest absolute Gasteiger partial charge is 0.355 e. The molecule has 8 nitrogen and oxygen atoms in total. The maximum atomic E-state index is 12.4. The predicted octanol–water partition coefficient (Wildman–Crippen LogP) is 2.30. The minimum absolute atomic E-state index is 0.0531. The number of carbonyl (C=O) groups is 1. The van der Waals surface area contributed by atoms with Crippen LogP contribution in [0.25, 0.3) is 5.69 Å². The van der Waals surface area contributed by atoms with Gasteiger partial charge in [-0.3, -0.25) is 0 Å². The van der Waals surface area contributed by atoms with Gasteiger partial charge < -0.3 is 23.3 Å². The van der Waals surface area contributed by atoms with Gasteiger partial charge in [0.15, 0.2) is 18.1 Å². The van der Waals surface area contributed by atoms with Crippen LogP contribution >= 0.6 is 0 Å². The van der Waals surface area contributed by atoms with Crippen molar-refractivity contribution in [1.82, 2.24) is 14.7 Å². The molecule has 0 radical (unpaired) electrons. The van der Waals surface area contributed by atoms with Gasteiger partial charge in [-0.15, -0.1) is 0 Å². The molecule has 0 N–H and O–H groups in total. The van der Waals surface area contributed by atoms with Crippen molar-refractivity contribution in [3.63, 3.8) is 0 Å². The van der Waals surface area contributed by atoms with Crippen molar-refractivity contribution >= 4 is 5.97 Å². The van der Waals surface area contributed by atoms with Crippen molar-refractivity contribution in [2.45, 2.75) is 13.5 Å². The summed E-state index contributed by atoms with van der Waals surface area (Å²) in [5.74, 6) is 1.61. The molecule has 1 aliphatic heterocycles. The second kappa shape index (κ2) is 6.31. The maximum absolute atomic E-state index is 12.4. The second-order valence-corrected chi connectivity index (χ2v) is 5.40. The summed E-state index contributed by atoms with van der Waals surface area (Å²) in [6.45, 7) is 2.65. The maximum Gasteiger partial charge on any atom is 0.355 e. The molecule has 0 aliphatic carbocycles. The van der Waals surface area contributed by atoms with Gasteiger partial charge in [0.2, 0.25) is 11.7 Å². The minimum atomic E-state index is -0.484. The first-order chi connectivity index (χ1) is 12.2. The van der Waals surface area contributed by atoms with E-state index in [2.05, 4.69) is 10.1 Å². The molecule has 3 heterocycles. The van der Waals surface area contributed by atoms with Crippen molar-refractivity contribution in [2.75, 3.05) is 13.2 Å². The highest BCUT2D eigenvalue weighted by Gasteiger charge is 2.17. The van der Waals surface area contributed by atoms with Gasteiger partial charge in [0.25, 0.3) is 0 Å². The van der Waals surface area contributed by atoms with Gasteiger partial charge in [-0.2, -0.15) is 4.98 Å². The normalized spacial score (nSPS) is 12.8. The summed E-state index contributed by atoms with van der Waals surface area (Å²) in [6.07, 6.45) is 1.78. The van der Waals surface area contributed by atoms with E-state index in [1.807, 2.05) is 18.2 Å². The molecule has 0 atom stereocenters. The molecule has 8 heteroatoms. The van der Waals surface area contributed by atoms with Gasteiger partial charge in [0.05, 0.1) is 0 Å². The molecule has 0 amide bonds. The Morgan fingerprint density at radius 2 is 2.08 bits per heavy atom. The number of aryl methyl sites for hydroxylation is 1. The summed E-state index contributed by atoms with van der Waals surface area (Å²) in [4.78, 5) is 16.4. The van der Waals surface area contributed by atoms with Crippen LogP contribution in [0, 0.1) is 6.92 Å². The fraction of sp³-hybridized carbons (Fsp3) is 0.235. The van der Waals surface area contributed by atoms with E-state index in [-0.39, 0.29) is 6.61 Å². The van der Waals surface area contributed by atoms with Crippen molar-refractivity contribution in [3.8, 4) is 17.2 Å². The molecular weight excluding hydrogens is 326 g/mol. The summed E-state index contributed by atoms with van der Waals surface area (Å²) >= 11 is 0. The van der Waals surface area contributed by atoms with Gasteiger partial charge in [-0.05, 0) is 24.3 Å². The van der Waals surface area contributed by atoms with Gasteiger partial charge >= 0.3 is 5.97 Å². The number of hydrogen-bond donors (Lipinski definition) is 0. The average Bonchev–Trinajstić information content (AvgIpc) is 3.28. The number of nitrogens with zero attached hydrogens (tertiary/aromatic N) is 3. The van der Waals surface area contributed by atoms with Crippen LogP contribution in [0.4, 0.5) is 0 Å². The molecule has 0 spiro atoms. The van der Waals surface area contributed by atoms with E-state index in [1.54, 1.807) is 29.8 Å². The zero-order chi connectivity index (χ0) is 17.2. The van der Waals surface area contributed by atoms with E-state index in [4.69, 9.17) is 18.7 Å². The number of fused-ring (bicyclic) bond motifs is 1. The monoisotopic (exact) mass is 341 g/mol. The summed E-state index contributed by atoms with van der Waals surface area (Å²) in [6, 6.07) is 8.95. The molecule has 0 unspecified atom stereocenters. The Balaban J connectivity index is 1.54. The number of benzene rings is 1. The van der Waals surface area contributed by atoms with Crippen molar-refractivity contribution in [3.05, 3.63) is 53.9 Å². The molecule has 0 bridgehead atoms. The second-order valence-electron chi connectivity index (χ2n) is 5.40. The Hall–Kier alpha value is -3.29. The summed E-state index contributed by atoms with van der Waals surface area (Å²) < 4.78 is 22.9. The standard InChI is InChI=1S/C17H15N3O5/c1-11-18-16(19-25-11)10-24-17(21)13-3-2-6-20(13)12-4-5-14-15(9-12)23-8-7-22-14/h2-6,9H,7-8,10H2,1H3. The van der Waals surface area contributed by atoms with Crippen LogP contribution < -0.4 is 9.47 Å². The number of carbonyl (C=O) groups excluding carboxylic acids is 1. The van der Waals surface area contributed by atoms with E-state index < -0.39 is 5.97 Å². The third-order valence-corrected chi connectivity index (χ3v) is 3.66.